The summed E-state index contributed by atoms with van der Waals surface area (Å²) in [7, 11) is 0. The monoisotopic (exact) mass is 389 g/mol. The van der Waals surface area contributed by atoms with E-state index in [0.717, 1.165) is 5.69 Å². The molecule has 1 aliphatic heterocycles. The van der Waals surface area contributed by atoms with E-state index in [1.807, 2.05) is 18.2 Å². The molecule has 1 aromatic heterocycles. The van der Waals surface area contributed by atoms with Crippen LogP contribution in [0.4, 0.5) is 10.5 Å². The van der Waals surface area contributed by atoms with Crippen molar-refractivity contribution < 1.29 is 19.4 Å². The first-order valence-electron chi connectivity index (χ1n) is 8.64. The molecule has 1 fully saturated rings. The van der Waals surface area contributed by atoms with Gasteiger partial charge in [-0.25, -0.2) is 4.79 Å². The molecule has 27 heavy (non-hydrogen) atoms. The molecule has 0 spiro atoms. The minimum absolute atomic E-state index is 0.209. The number of hydrogen-bond acceptors (Lipinski definition) is 4. The average molecular weight is 390 g/mol. The summed E-state index contributed by atoms with van der Waals surface area (Å²) in [5.41, 5.74) is 1.30. The lowest BCUT2D eigenvalue weighted by Crippen LogP contribution is -2.44. The maximum absolute atomic E-state index is 12.4. The zero-order valence-electron chi connectivity index (χ0n) is 14.6. The Kier molecular flexibility index (Phi) is 6.13. The summed E-state index contributed by atoms with van der Waals surface area (Å²) in [5.74, 6) is -0.898. The molecular weight excluding hydrogens is 370 g/mol. The molecule has 0 saturated carbocycles. The molecule has 2 N–H and O–H groups in total. The Balaban J connectivity index is 1.58. The summed E-state index contributed by atoms with van der Waals surface area (Å²) in [6.07, 6.45) is 2.95. The summed E-state index contributed by atoms with van der Waals surface area (Å²) in [5, 5.41) is 12.3. The maximum Gasteiger partial charge on any atom is 0.321 e. The van der Waals surface area contributed by atoms with E-state index in [0.29, 0.717) is 35.8 Å². The van der Waals surface area contributed by atoms with Gasteiger partial charge in [-0.15, -0.1) is 0 Å². The Morgan fingerprint density at radius 1 is 1.33 bits per heavy atom. The number of carboxylic acid groups (broad SMARTS) is 1. The van der Waals surface area contributed by atoms with Gasteiger partial charge in [-0.2, -0.15) is 0 Å². The Morgan fingerprint density at radius 2 is 2.19 bits per heavy atom. The van der Waals surface area contributed by atoms with Crippen molar-refractivity contribution in [2.45, 2.75) is 19.4 Å². The fourth-order valence-corrected chi connectivity index (χ4v) is 3.13. The van der Waals surface area contributed by atoms with Gasteiger partial charge >= 0.3 is 12.0 Å². The van der Waals surface area contributed by atoms with Gasteiger partial charge in [0.25, 0.3) is 0 Å². The first-order chi connectivity index (χ1) is 13.0. The third-order valence-electron chi connectivity index (χ3n) is 4.34. The van der Waals surface area contributed by atoms with Gasteiger partial charge in [0.2, 0.25) is 0 Å². The number of amides is 2. The number of halogens is 1. The summed E-state index contributed by atoms with van der Waals surface area (Å²) in [6, 6.07) is 10.2. The molecule has 1 unspecified atom stereocenters. The summed E-state index contributed by atoms with van der Waals surface area (Å²) < 4.78 is 5.66. The zero-order chi connectivity index (χ0) is 19.2. The van der Waals surface area contributed by atoms with Crippen molar-refractivity contribution in [2.24, 2.45) is 5.92 Å². The van der Waals surface area contributed by atoms with Gasteiger partial charge < -0.3 is 20.1 Å². The molecule has 2 aromatic rings. The molecule has 8 heteroatoms. The number of pyridine rings is 1. The quantitative estimate of drug-likeness (QED) is 0.814. The number of rotatable bonds is 5. The Bertz CT molecular complexity index is 816. The number of hydrogen-bond donors (Lipinski definition) is 2. The number of nitrogens with zero attached hydrogens (tertiary/aromatic N) is 2. The second-order valence-corrected chi connectivity index (χ2v) is 6.72. The van der Waals surface area contributed by atoms with Gasteiger partial charge in [-0.1, -0.05) is 17.7 Å². The molecule has 1 saturated heterocycles. The highest BCUT2D eigenvalue weighted by atomic mass is 35.5. The van der Waals surface area contributed by atoms with Gasteiger partial charge in [-0.3, -0.25) is 9.78 Å². The number of nitrogens with one attached hydrogen (secondary N) is 1. The molecule has 1 aromatic carbocycles. The lowest BCUT2D eigenvalue weighted by molar-refractivity contribution is -0.143. The number of carbonyl (C=O) groups excluding carboxylic acids is 1. The van der Waals surface area contributed by atoms with Crippen LogP contribution in [0.15, 0.2) is 42.6 Å². The topological polar surface area (TPSA) is 91.8 Å². The number of carbonyl (C=O) groups is 2. The van der Waals surface area contributed by atoms with Crippen molar-refractivity contribution in [3.05, 3.63) is 53.3 Å². The van der Waals surface area contributed by atoms with Gasteiger partial charge in [0.1, 0.15) is 12.4 Å². The van der Waals surface area contributed by atoms with Crippen LogP contribution in [-0.2, 0) is 11.4 Å². The fraction of sp³-hybridized carbons (Fsp3) is 0.316. The number of carboxylic acids is 1. The number of aliphatic carboxylic acids is 1. The van der Waals surface area contributed by atoms with Crippen molar-refractivity contribution in [3.8, 4) is 5.75 Å². The molecule has 2 heterocycles. The largest absolute Gasteiger partial charge is 0.486 e. The van der Waals surface area contributed by atoms with Crippen LogP contribution in [0.1, 0.15) is 18.5 Å². The number of piperidine rings is 1. The summed E-state index contributed by atoms with van der Waals surface area (Å²) in [4.78, 5) is 29.2. The minimum atomic E-state index is -0.870. The second-order valence-electron chi connectivity index (χ2n) is 6.31. The van der Waals surface area contributed by atoms with Gasteiger partial charge in [-0.05, 0) is 43.2 Å². The van der Waals surface area contributed by atoms with E-state index in [9.17, 15) is 9.59 Å². The molecule has 3 rings (SSSR count). The van der Waals surface area contributed by atoms with E-state index < -0.39 is 11.9 Å². The number of anilines is 1. The molecule has 1 aliphatic rings. The van der Waals surface area contributed by atoms with Gasteiger partial charge in [0.15, 0.2) is 0 Å². The van der Waals surface area contributed by atoms with E-state index in [2.05, 4.69) is 10.3 Å². The van der Waals surface area contributed by atoms with E-state index in [1.165, 1.54) is 4.90 Å². The fourth-order valence-electron chi connectivity index (χ4n) is 2.90. The third-order valence-corrected chi connectivity index (χ3v) is 4.64. The van der Waals surface area contributed by atoms with Crippen molar-refractivity contribution >= 4 is 29.3 Å². The highest BCUT2D eigenvalue weighted by molar-refractivity contribution is 6.32. The Hall–Kier alpha value is -2.80. The van der Waals surface area contributed by atoms with Crippen LogP contribution in [0, 0.1) is 5.92 Å². The third kappa shape index (κ3) is 5.10. The molecule has 1 atom stereocenters. The maximum atomic E-state index is 12.4. The molecule has 7 nitrogen and oxygen atoms in total. The molecular formula is C19H20ClN3O4. The SMILES string of the molecule is O=C(O)C1CCCN(C(=O)Nc2ccc(OCc3ccccn3)c(Cl)c2)C1. The van der Waals surface area contributed by atoms with E-state index in [4.69, 9.17) is 21.4 Å². The number of ether oxygens (including phenoxy) is 1. The molecule has 0 aliphatic carbocycles. The smallest absolute Gasteiger partial charge is 0.321 e. The zero-order valence-corrected chi connectivity index (χ0v) is 15.4. The first kappa shape index (κ1) is 19.0. The highest BCUT2D eigenvalue weighted by Crippen LogP contribution is 2.28. The molecule has 142 valence electrons. The average Bonchev–Trinajstić information content (AvgIpc) is 2.68. The predicted octanol–water partition coefficient (Wildman–Crippen LogP) is 3.64. The van der Waals surface area contributed by atoms with Crippen LogP contribution in [0.5, 0.6) is 5.75 Å². The van der Waals surface area contributed by atoms with Crippen molar-refractivity contribution in [1.82, 2.24) is 9.88 Å². The number of benzene rings is 1. The van der Waals surface area contributed by atoms with Crippen molar-refractivity contribution in [3.63, 3.8) is 0 Å². The lowest BCUT2D eigenvalue weighted by Gasteiger charge is -2.30. The highest BCUT2D eigenvalue weighted by Gasteiger charge is 2.28. The number of urea groups is 1. The van der Waals surface area contributed by atoms with E-state index in [-0.39, 0.29) is 19.2 Å². The van der Waals surface area contributed by atoms with Gasteiger partial charge in [0.05, 0.1) is 16.6 Å². The normalized spacial score (nSPS) is 16.6. The van der Waals surface area contributed by atoms with Crippen LogP contribution in [0.2, 0.25) is 5.02 Å². The number of likely N-dealkylation sites (tertiary alicyclic amines) is 1. The predicted molar refractivity (Wildman–Crippen MR) is 101 cm³/mol. The van der Waals surface area contributed by atoms with Crippen molar-refractivity contribution in [2.75, 3.05) is 18.4 Å². The van der Waals surface area contributed by atoms with Crippen LogP contribution in [0.25, 0.3) is 0 Å². The van der Waals surface area contributed by atoms with Crippen LogP contribution < -0.4 is 10.1 Å². The van der Waals surface area contributed by atoms with Crippen molar-refractivity contribution in [1.29, 1.82) is 0 Å². The van der Waals surface area contributed by atoms with E-state index >= 15 is 0 Å². The lowest BCUT2D eigenvalue weighted by atomic mass is 9.99. The van der Waals surface area contributed by atoms with Gasteiger partial charge in [0, 0.05) is 25.0 Å². The molecule has 2 amide bonds. The minimum Gasteiger partial charge on any atom is -0.486 e. The Labute approximate surface area is 161 Å². The second kappa shape index (κ2) is 8.73. The number of aromatic nitrogens is 1. The van der Waals surface area contributed by atoms with Crippen LogP contribution in [-0.4, -0.2) is 40.1 Å². The van der Waals surface area contributed by atoms with E-state index in [1.54, 1.807) is 24.4 Å². The molecule has 0 radical (unpaired) electrons. The molecule has 0 bridgehead atoms. The van der Waals surface area contributed by atoms with Crippen LogP contribution in [0.3, 0.4) is 0 Å². The summed E-state index contributed by atoms with van der Waals surface area (Å²) in [6.45, 7) is 1.03. The standard InChI is InChI=1S/C19H20ClN3O4/c20-16-10-14(6-7-17(16)27-12-15-5-1-2-8-21-15)22-19(26)23-9-3-4-13(11-23)18(24)25/h1-2,5-8,10,13H,3-4,9,11-12H2,(H,22,26)(H,24,25). The summed E-state index contributed by atoms with van der Waals surface area (Å²) >= 11 is 6.24. The van der Waals surface area contributed by atoms with Crippen LogP contribution >= 0.6 is 11.6 Å². The Morgan fingerprint density at radius 3 is 2.89 bits per heavy atom. The first-order valence-corrected chi connectivity index (χ1v) is 9.01.